The van der Waals surface area contributed by atoms with Crippen LogP contribution in [0.1, 0.15) is 0 Å². The predicted octanol–water partition coefficient (Wildman–Crippen LogP) is 13.4. The summed E-state index contributed by atoms with van der Waals surface area (Å²) in [4.78, 5) is 0. The number of fused-ring (bicyclic) bond motifs is 6. The SMILES string of the molecule is c1ccc(-c2cccc(-c3cccc(-c4cccc(-n5c6ccccc6c6cc(-c7ccc8oc9ccccc9c8c7)ccc65)c4)c3)c2)cc1. The lowest BCUT2D eigenvalue weighted by molar-refractivity contribution is 0.669. The van der Waals surface area contributed by atoms with Gasteiger partial charge in [0.1, 0.15) is 11.2 Å². The molecule has 0 amide bonds. The van der Waals surface area contributed by atoms with Crippen LogP contribution >= 0.6 is 0 Å². The van der Waals surface area contributed by atoms with Crippen molar-refractivity contribution in [3.05, 3.63) is 188 Å². The summed E-state index contributed by atoms with van der Waals surface area (Å²) in [6.45, 7) is 0. The second-order valence-electron chi connectivity index (χ2n) is 13.0. The molecule has 2 heteroatoms. The van der Waals surface area contributed by atoms with Crippen molar-refractivity contribution in [2.75, 3.05) is 0 Å². The predicted molar refractivity (Wildman–Crippen MR) is 210 cm³/mol. The summed E-state index contributed by atoms with van der Waals surface area (Å²) < 4.78 is 8.51. The fraction of sp³-hybridized carbons (Fsp3) is 0. The highest BCUT2D eigenvalue weighted by Gasteiger charge is 2.15. The van der Waals surface area contributed by atoms with Gasteiger partial charge in [0.25, 0.3) is 0 Å². The molecule has 0 aliphatic rings. The molecule has 50 heavy (non-hydrogen) atoms. The maximum absolute atomic E-state index is 6.11. The average Bonchev–Trinajstić information content (AvgIpc) is 3.73. The second kappa shape index (κ2) is 11.5. The van der Waals surface area contributed by atoms with E-state index in [1.54, 1.807) is 0 Å². The molecule has 0 aliphatic heterocycles. The van der Waals surface area contributed by atoms with Gasteiger partial charge in [0.05, 0.1) is 11.0 Å². The highest BCUT2D eigenvalue weighted by atomic mass is 16.3. The van der Waals surface area contributed by atoms with Gasteiger partial charge in [-0.05, 0) is 105 Å². The summed E-state index contributed by atoms with van der Waals surface area (Å²) in [5.41, 5.74) is 15.0. The van der Waals surface area contributed by atoms with E-state index in [0.717, 1.165) is 27.6 Å². The van der Waals surface area contributed by atoms with Crippen molar-refractivity contribution >= 4 is 43.7 Å². The molecule has 2 aromatic heterocycles. The Balaban J connectivity index is 1.06. The molecule has 0 saturated carbocycles. The third-order valence-corrected chi connectivity index (χ3v) is 9.99. The zero-order chi connectivity index (χ0) is 33.0. The van der Waals surface area contributed by atoms with Crippen LogP contribution in [0.3, 0.4) is 0 Å². The van der Waals surface area contributed by atoms with Gasteiger partial charge >= 0.3 is 0 Å². The van der Waals surface area contributed by atoms with Crippen molar-refractivity contribution in [3.8, 4) is 50.2 Å². The Morgan fingerprint density at radius 3 is 1.54 bits per heavy atom. The van der Waals surface area contributed by atoms with Crippen LogP contribution in [-0.2, 0) is 0 Å². The molecule has 0 saturated heterocycles. The van der Waals surface area contributed by atoms with Crippen molar-refractivity contribution in [2.24, 2.45) is 0 Å². The van der Waals surface area contributed by atoms with E-state index >= 15 is 0 Å². The van der Waals surface area contributed by atoms with Crippen molar-refractivity contribution in [2.45, 2.75) is 0 Å². The van der Waals surface area contributed by atoms with Crippen molar-refractivity contribution in [1.82, 2.24) is 4.57 Å². The number of para-hydroxylation sites is 2. The van der Waals surface area contributed by atoms with Gasteiger partial charge in [-0.15, -0.1) is 0 Å². The van der Waals surface area contributed by atoms with Gasteiger partial charge < -0.3 is 8.98 Å². The largest absolute Gasteiger partial charge is 0.456 e. The molecule has 0 N–H and O–H groups in total. The molecular weight excluding hydrogens is 607 g/mol. The third-order valence-electron chi connectivity index (χ3n) is 9.99. The van der Waals surface area contributed by atoms with Crippen LogP contribution in [-0.4, -0.2) is 4.57 Å². The fourth-order valence-corrected chi connectivity index (χ4v) is 7.55. The van der Waals surface area contributed by atoms with Gasteiger partial charge in [0, 0.05) is 27.2 Å². The van der Waals surface area contributed by atoms with Gasteiger partial charge in [0.15, 0.2) is 0 Å². The zero-order valence-corrected chi connectivity index (χ0v) is 27.3. The maximum atomic E-state index is 6.11. The lowest BCUT2D eigenvalue weighted by Crippen LogP contribution is -1.94. The van der Waals surface area contributed by atoms with E-state index in [-0.39, 0.29) is 0 Å². The first-order valence-electron chi connectivity index (χ1n) is 17.1. The molecule has 0 atom stereocenters. The quantitative estimate of drug-likeness (QED) is 0.184. The van der Waals surface area contributed by atoms with E-state index in [4.69, 9.17) is 4.42 Å². The number of aromatic nitrogens is 1. The Labute approximate surface area is 290 Å². The first-order chi connectivity index (χ1) is 24.8. The highest BCUT2D eigenvalue weighted by molar-refractivity contribution is 6.11. The molecular formula is C48H31NO. The van der Waals surface area contributed by atoms with Crippen molar-refractivity contribution in [3.63, 3.8) is 0 Å². The van der Waals surface area contributed by atoms with E-state index < -0.39 is 0 Å². The van der Waals surface area contributed by atoms with Gasteiger partial charge in [-0.25, -0.2) is 0 Å². The summed E-state index contributed by atoms with van der Waals surface area (Å²) in [5, 5.41) is 4.77. The van der Waals surface area contributed by atoms with Crippen LogP contribution in [0.15, 0.2) is 192 Å². The van der Waals surface area contributed by atoms with E-state index in [1.807, 2.05) is 12.1 Å². The molecule has 10 aromatic rings. The molecule has 0 radical (unpaired) electrons. The fourth-order valence-electron chi connectivity index (χ4n) is 7.55. The van der Waals surface area contributed by atoms with Gasteiger partial charge in [-0.1, -0.05) is 127 Å². The number of rotatable bonds is 5. The smallest absolute Gasteiger partial charge is 0.135 e. The summed E-state index contributed by atoms with van der Waals surface area (Å²) in [5.74, 6) is 0. The second-order valence-corrected chi connectivity index (χ2v) is 13.0. The molecule has 0 spiro atoms. The maximum Gasteiger partial charge on any atom is 0.135 e. The Bertz CT molecular complexity index is 2870. The van der Waals surface area contributed by atoms with E-state index in [9.17, 15) is 0 Å². The normalized spacial score (nSPS) is 11.6. The average molecular weight is 638 g/mol. The molecule has 2 heterocycles. The minimum Gasteiger partial charge on any atom is -0.456 e. The number of hydrogen-bond acceptors (Lipinski definition) is 1. The number of hydrogen-bond donors (Lipinski definition) is 0. The van der Waals surface area contributed by atoms with Gasteiger partial charge in [-0.2, -0.15) is 0 Å². The summed E-state index contributed by atoms with van der Waals surface area (Å²) in [6, 6.07) is 67.6. The van der Waals surface area contributed by atoms with Crippen LogP contribution in [0.4, 0.5) is 0 Å². The third kappa shape index (κ3) is 4.73. The number of benzene rings is 8. The molecule has 0 aliphatic carbocycles. The standard InChI is InChI=1S/C48H31NO/c1-2-11-32(12-3-1)33-13-8-14-34(27-33)35-15-9-16-36(28-35)37-17-10-18-40(29-37)49-45-21-6-4-19-41(45)43-30-38(23-25-46(43)49)39-24-26-48-44(31-39)42-20-5-7-22-47(42)50-48/h1-31H. The lowest BCUT2D eigenvalue weighted by atomic mass is 9.96. The van der Waals surface area contributed by atoms with E-state index in [2.05, 4.69) is 180 Å². The Kier molecular flexibility index (Phi) is 6.53. The van der Waals surface area contributed by atoms with E-state index in [0.29, 0.717) is 0 Å². The number of furan rings is 1. The summed E-state index contributed by atoms with van der Waals surface area (Å²) in [7, 11) is 0. The van der Waals surface area contributed by atoms with Crippen LogP contribution < -0.4 is 0 Å². The lowest BCUT2D eigenvalue weighted by Gasteiger charge is -2.12. The van der Waals surface area contributed by atoms with Crippen LogP contribution in [0.5, 0.6) is 0 Å². The molecule has 0 bridgehead atoms. The molecule has 0 fully saturated rings. The summed E-state index contributed by atoms with van der Waals surface area (Å²) in [6.07, 6.45) is 0. The monoisotopic (exact) mass is 637 g/mol. The molecule has 10 rings (SSSR count). The molecule has 0 unspecified atom stereocenters. The Morgan fingerprint density at radius 2 is 0.780 bits per heavy atom. The van der Waals surface area contributed by atoms with Crippen LogP contribution in [0.2, 0.25) is 0 Å². The minimum absolute atomic E-state index is 0.916. The molecule has 234 valence electrons. The molecule has 8 aromatic carbocycles. The topological polar surface area (TPSA) is 18.1 Å². The first kappa shape index (κ1) is 28.4. The summed E-state index contributed by atoms with van der Waals surface area (Å²) >= 11 is 0. The molecule has 2 nitrogen and oxygen atoms in total. The highest BCUT2D eigenvalue weighted by Crippen LogP contribution is 2.38. The van der Waals surface area contributed by atoms with Crippen LogP contribution in [0, 0.1) is 0 Å². The zero-order valence-electron chi connectivity index (χ0n) is 27.3. The van der Waals surface area contributed by atoms with Gasteiger partial charge in [0.2, 0.25) is 0 Å². The van der Waals surface area contributed by atoms with E-state index in [1.165, 1.54) is 66.3 Å². The van der Waals surface area contributed by atoms with Crippen molar-refractivity contribution in [1.29, 1.82) is 0 Å². The number of nitrogens with zero attached hydrogens (tertiary/aromatic N) is 1. The Hall–Kier alpha value is -6.64. The van der Waals surface area contributed by atoms with Crippen LogP contribution in [0.25, 0.3) is 93.9 Å². The Morgan fingerprint density at radius 1 is 0.280 bits per heavy atom. The van der Waals surface area contributed by atoms with Crippen molar-refractivity contribution < 1.29 is 4.42 Å². The van der Waals surface area contributed by atoms with Gasteiger partial charge in [-0.3, -0.25) is 0 Å². The first-order valence-corrected chi connectivity index (χ1v) is 17.1. The minimum atomic E-state index is 0.916.